The Bertz CT molecular complexity index is 801. The lowest BCUT2D eigenvalue weighted by atomic mass is 10.2. The topological polar surface area (TPSA) is 59.4 Å². The number of rotatable bonds is 5. The van der Waals surface area contributed by atoms with Crippen molar-refractivity contribution in [2.24, 2.45) is 5.10 Å². The highest BCUT2D eigenvalue weighted by Gasteiger charge is 1.97. The summed E-state index contributed by atoms with van der Waals surface area (Å²) >= 11 is 0. The van der Waals surface area contributed by atoms with Gasteiger partial charge in [0, 0.05) is 0 Å². The predicted molar refractivity (Wildman–Crippen MR) is 88.4 cm³/mol. The van der Waals surface area contributed by atoms with Gasteiger partial charge in [0.25, 0.3) is 0 Å². The van der Waals surface area contributed by atoms with Crippen LogP contribution in [0.1, 0.15) is 12.5 Å². The zero-order valence-corrected chi connectivity index (χ0v) is 12.2. The maximum Gasteiger partial charge on any atom is 0.165 e. The fourth-order valence-electron chi connectivity index (χ4n) is 2.04. The Labute approximate surface area is 128 Å². The molecule has 0 spiro atoms. The van der Waals surface area contributed by atoms with Gasteiger partial charge in [-0.25, -0.2) is 4.98 Å². The van der Waals surface area contributed by atoms with Gasteiger partial charge in [-0.2, -0.15) is 5.10 Å². The van der Waals surface area contributed by atoms with Crippen LogP contribution in [0.4, 0.5) is 5.82 Å². The molecule has 0 saturated carbocycles. The van der Waals surface area contributed by atoms with E-state index in [1.54, 1.807) is 12.4 Å². The zero-order valence-electron chi connectivity index (χ0n) is 12.2. The van der Waals surface area contributed by atoms with Gasteiger partial charge in [-0.1, -0.05) is 24.3 Å². The average Bonchev–Trinajstić information content (AvgIpc) is 2.55. The predicted octanol–water partition coefficient (Wildman–Crippen LogP) is 3.47. The summed E-state index contributed by atoms with van der Waals surface area (Å²) in [5.74, 6) is 1.44. The number of anilines is 1. The number of aromatic nitrogens is 2. The second kappa shape index (κ2) is 6.67. The van der Waals surface area contributed by atoms with E-state index in [9.17, 15) is 0 Å². The second-order valence-corrected chi connectivity index (χ2v) is 4.62. The first kappa shape index (κ1) is 14.0. The van der Waals surface area contributed by atoms with Crippen LogP contribution < -0.4 is 10.2 Å². The molecular weight excluding hydrogens is 276 g/mol. The first-order chi connectivity index (χ1) is 10.8. The molecule has 1 N–H and O–H groups in total. The van der Waals surface area contributed by atoms with E-state index in [0.29, 0.717) is 12.4 Å². The van der Waals surface area contributed by atoms with Gasteiger partial charge in [0.15, 0.2) is 5.82 Å². The Hall–Kier alpha value is -2.95. The molecule has 0 amide bonds. The third kappa shape index (κ3) is 3.38. The molecule has 0 unspecified atom stereocenters. The number of nitrogens with one attached hydrogen (secondary N) is 1. The van der Waals surface area contributed by atoms with Crippen LogP contribution in [-0.2, 0) is 0 Å². The smallest absolute Gasteiger partial charge is 0.165 e. The van der Waals surface area contributed by atoms with Crippen LogP contribution in [0.5, 0.6) is 5.75 Å². The molecule has 110 valence electrons. The van der Waals surface area contributed by atoms with Crippen LogP contribution in [0.3, 0.4) is 0 Å². The number of hydrogen-bond acceptors (Lipinski definition) is 5. The van der Waals surface area contributed by atoms with E-state index in [-0.39, 0.29) is 0 Å². The average molecular weight is 292 g/mol. The third-order valence-electron chi connectivity index (χ3n) is 3.01. The Morgan fingerprint density at radius 3 is 2.86 bits per heavy atom. The highest BCUT2D eigenvalue weighted by molar-refractivity contribution is 5.81. The summed E-state index contributed by atoms with van der Waals surface area (Å²) in [5, 5.41) is 4.19. The van der Waals surface area contributed by atoms with E-state index in [1.807, 2.05) is 55.5 Å². The lowest BCUT2D eigenvalue weighted by Gasteiger charge is -2.03. The summed E-state index contributed by atoms with van der Waals surface area (Å²) in [6, 6.07) is 15.5. The highest BCUT2D eigenvalue weighted by atomic mass is 16.5. The van der Waals surface area contributed by atoms with E-state index in [2.05, 4.69) is 20.5 Å². The number of hydrogen-bond donors (Lipinski definition) is 1. The van der Waals surface area contributed by atoms with Gasteiger partial charge in [0.05, 0.1) is 30.1 Å². The highest BCUT2D eigenvalue weighted by Crippen LogP contribution is 2.13. The van der Waals surface area contributed by atoms with Crippen molar-refractivity contribution in [1.82, 2.24) is 9.97 Å². The Morgan fingerprint density at radius 2 is 2.00 bits per heavy atom. The van der Waals surface area contributed by atoms with Crippen LogP contribution in [-0.4, -0.2) is 22.8 Å². The zero-order chi connectivity index (χ0) is 15.2. The van der Waals surface area contributed by atoms with Crippen LogP contribution in [0.25, 0.3) is 11.0 Å². The first-order valence-electron chi connectivity index (χ1n) is 7.09. The van der Waals surface area contributed by atoms with Gasteiger partial charge in [0.1, 0.15) is 5.75 Å². The molecule has 2 aromatic carbocycles. The molecule has 0 saturated heterocycles. The fourth-order valence-corrected chi connectivity index (χ4v) is 2.04. The van der Waals surface area contributed by atoms with E-state index < -0.39 is 0 Å². The minimum Gasteiger partial charge on any atom is -0.494 e. The lowest BCUT2D eigenvalue weighted by molar-refractivity contribution is 0.340. The monoisotopic (exact) mass is 292 g/mol. The van der Waals surface area contributed by atoms with Crippen LogP contribution in [0.2, 0.25) is 0 Å². The number of hydrazone groups is 1. The van der Waals surface area contributed by atoms with Gasteiger partial charge >= 0.3 is 0 Å². The summed E-state index contributed by atoms with van der Waals surface area (Å²) in [6.45, 7) is 2.60. The molecule has 0 aliphatic carbocycles. The molecule has 5 heteroatoms. The van der Waals surface area contributed by atoms with Gasteiger partial charge in [-0.05, 0) is 36.8 Å². The summed E-state index contributed by atoms with van der Waals surface area (Å²) < 4.78 is 5.45. The summed E-state index contributed by atoms with van der Waals surface area (Å²) in [4.78, 5) is 8.77. The minimum atomic E-state index is 0.607. The molecule has 0 atom stereocenters. The SMILES string of the molecule is CCOc1cccc(/C=N/Nc2cnc3ccccc3n2)c1. The van der Waals surface area contributed by atoms with Gasteiger partial charge < -0.3 is 4.74 Å². The van der Waals surface area contributed by atoms with Crippen molar-refractivity contribution >= 4 is 23.1 Å². The summed E-state index contributed by atoms with van der Waals surface area (Å²) in [7, 11) is 0. The van der Waals surface area contributed by atoms with Crippen molar-refractivity contribution in [3.05, 3.63) is 60.3 Å². The molecule has 3 aromatic rings. The molecule has 0 aliphatic heterocycles. The fraction of sp³-hybridized carbons (Fsp3) is 0.118. The maximum absolute atomic E-state index is 5.45. The first-order valence-corrected chi connectivity index (χ1v) is 7.09. The molecule has 0 aliphatic rings. The molecule has 3 rings (SSSR count). The molecule has 1 aromatic heterocycles. The molecule has 0 fully saturated rings. The number of benzene rings is 2. The number of para-hydroxylation sites is 2. The number of nitrogens with zero attached hydrogens (tertiary/aromatic N) is 3. The van der Waals surface area contributed by atoms with Crippen molar-refractivity contribution in [2.75, 3.05) is 12.0 Å². The summed E-state index contributed by atoms with van der Waals surface area (Å²) in [5.41, 5.74) is 5.54. The van der Waals surface area contributed by atoms with Crippen LogP contribution >= 0.6 is 0 Å². The minimum absolute atomic E-state index is 0.607. The van der Waals surface area contributed by atoms with Crippen molar-refractivity contribution in [3.63, 3.8) is 0 Å². The maximum atomic E-state index is 5.45. The van der Waals surface area contributed by atoms with Crippen LogP contribution in [0, 0.1) is 0 Å². The van der Waals surface area contributed by atoms with Crippen molar-refractivity contribution in [2.45, 2.75) is 6.92 Å². The van der Waals surface area contributed by atoms with Gasteiger partial charge in [-0.15, -0.1) is 0 Å². The van der Waals surface area contributed by atoms with E-state index >= 15 is 0 Å². The van der Waals surface area contributed by atoms with E-state index in [4.69, 9.17) is 4.74 Å². The molecule has 1 heterocycles. The lowest BCUT2D eigenvalue weighted by Crippen LogP contribution is -1.96. The molecule has 5 nitrogen and oxygen atoms in total. The second-order valence-electron chi connectivity index (χ2n) is 4.62. The van der Waals surface area contributed by atoms with Crippen molar-refractivity contribution < 1.29 is 4.74 Å². The van der Waals surface area contributed by atoms with Gasteiger partial charge in [-0.3, -0.25) is 10.4 Å². The summed E-state index contributed by atoms with van der Waals surface area (Å²) in [6.07, 6.45) is 3.38. The van der Waals surface area contributed by atoms with E-state index in [1.165, 1.54) is 0 Å². The van der Waals surface area contributed by atoms with Gasteiger partial charge in [0.2, 0.25) is 0 Å². The molecule has 22 heavy (non-hydrogen) atoms. The largest absolute Gasteiger partial charge is 0.494 e. The molecule has 0 radical (unpaired) electrons. The van der Waals surface area contributed by atoms with Crippen molar-refractivity contribution in [3.8, 4) is 5.75 Å². The third-order valence-corrected chi connectivity index (χ3v) is 3.01. The standard InChI is InChI=1S/C17H16N4O/c1-2-22-14-7-5-6-13(10-14)11-19-21-17-12-18-15-8-3-4-9-16(15)20-17/h3-12H,2H2,1H3,(H,20,21)/b19-11+. The molecule has 0 bridgehead atoms. The Kier molecular flexibility index (Phi) is 4.25. The van der Waals surface area contributed by atoms with Crippen LogP contribution in [0.15, 0.2) is 59.8 Å². The molecular formula is C17H16N4O. The Morgan fingerprint density at radius 1 is 1.14 bits per heavy atom. The van der Waals surface area contributed by atoms with E-state index in [0.717, 1.165) is 22.3 Å². The quantitative estimate of drug-likeness (QED) is 0.578. The number of fused-ring (bicyclic) bond motifs is 1. The Balaban J connectivity index is 1.71. The number of ether oxygens (including phenoxy) is 1. The normalized spacial score (nSPS) is 11.0. The van der Waals surface area contributed by atoms with Crippen molar-refractivity contribution in [1.29, 1.82) is 0 Å².